The normalized spacial score (nSPS) is 26.3. The molecule has 0 N–H and O–H groups in total. The molecular weight excluding hydrogens is 656 g/mol. The number of rotatable bonds is 7. The van der Waals surface area contributed by atoms with Crippen molar-refractivity contribution in [2.24, 2.45) is 0 Å². The Balaban J connectivity index is 0.00000433. The first-order valence-electron chi connectivity index (χ1n) is 15.2. The van der Waals surface area contributed by atoms with Crippen LogP contribution >= 0.6 is 0 Å². The van der Waals surface area contributed by atoms with Crippen LogP contribution in [-0.4, -0.2) is 54.1 Å². The first-order chi connectivity index (χ1) is 21.7. The van der Waals surface area contributed by atoms with Gasteiger partial charge in [-0.1, -0.05) is 36.4 Å². The molecule has 4 aliphatic heterocycles. The van der Waals surface area contributed by atoms with Crippen LogP contribution in [0.25, 0.3) is 0 Å². The molecule has 2 atom stereocenters. The van der Waals surface area contributed by atoms with Crippen LogP contribution in [-0.2, 0) is 33.8 Å². The molecule has 0 spiro atoms. The average Bonchev–Trinajstić information content (AvgIpc) is 3.03. The van der Waals surface area contributed by atoms with Crippen LogP contribution in [0.2, 0.25) is 0 Å². The van der Waals surface area contributed by atoms with Gasteiger partial charge in [-0.25, -0.2) is 8.78 Å². The van der Waals surface area contributed by atoms with E-state index < -0.39 is 59.8 Å². The summed E-state index contributed by atoms with van der Waals surface area (Å²) in [6.07, 6.45) is -8.63. The van der Waals surface area contributed by atoms with Crippen LogP contribution in [0.3, 0.4) is 0 Å². The molecule has 2 bridgehead atoms. The summed E-state index contributed by atoms with van der Waals surface area (Å²) in [7, 11) is 0. The fraction of sp³-hybridized carbons (Fsp3) is 0.441. The minimum Gasteiger partial charge on any atom is -1.00 e. The smallest absolute Gasteiger partial charge is 0.416 e. The topological polar surface area (TPSA) is 29.5 Å². The summed E-state index contributed by atoms with van der Waals surface area (Å²) < 4.78 is 116. The van der Waals surface area contributed by atoms with Crippen LogP contribution in [0.4, 0.5) is 35.1 Å². The van der Waals surface area contributed by atoms with Gasteiger partial charge in [-0.05, 0) is 47.0 Å². The van der Waals surface area contributed by atoms with Gasteiger partial charge in [0.2, 0.25) is 0 Å². The monoisotopic (exact) mass is 688 g/mol. The number of amides is 1. The molecule has 0 saturated carbocycles. The Bertz CT molecular complexity index is 1540. The van der Waals surface area contributed by atoms with Crippen LogP contribution in [0.5, 0.6) is 0 Å². The van der Waals surface area contributed by atoms with Crippen LogP contribution in [0.1, 0.15) is 59.6 Å². The van der Waals surface area contributed by atoms with Crippen molar-refractivity contribution >= 4 is 5.91 Å². The molecule has 47 heavy (non-hydrogen) atoms. The molecule has 13 heteroatoms. The zero-order valence-electron chi connectivity index (χ0n) is 25.2. The third kappa shape index (κ3) is 7.29. The number of alkyl halides is 6. The van der Waals surface area contributed by atoms with E-state index in [1.165, 1.54) is 11.6 Å². The Labute approximate surface area is 273 Å². The Morgan fingerprint density at radius 2 is 1.40 bits per heavy atom. The van der Waals surface area contributed by atoms with E-state index in [1.54, 1.807) is 0 Å². The van der Waals surface area contributed by atoms with Crippen molar-refractivity contribution in [1.29, 1.82) is 0 Å². The van der Waals surface area contributed by atoms with Gasteiger partial charge in [-0.15, -0.1) is 0 Å². The van der Waals surface area contributed by atoms with Gasteiger partial charge in [0.05, 0.1) is 43.4 Å². The third-order valence-corrected chi connectivity index (χ3v) is 10.1. The summed E-state index contributed by atoms with van der Waals surface area (Å²) in [4.78, 5) is 14.7. The summed E-state index contributed by atoms with van der Waals surface area (Å²) in [5.41, 5.74) is -1.83. The highest BCUT2D eigenvalue weighted by Crippen LogP contribution is 2.46. The molecule has 4 heterocycles. The maximum absolute atomic E-state index is 14.2. The van der Waals surface area contributed by atoms with E-state index in [2.05, 4.69) is 24.3 Å². The lowest BCUT2D eigenvalue weighted by Gasteiger charge is -2.55. The summed E-state index contributed by atoms with van der Waals surface area (Å²) >= 11 is 0. The zero-order valence-corrected chi connectivity index (χ0v) is 25.9. The minimum atomic E-state index is -5.04. The second kappa shape index (κ2) is 13.0. The number of ether oxygens (including phenoxy) is 1. The fourth-order valence-corrected chi connectivity index (χ4v) is 7.37. The molecule has 0 aromatic heterocycles. The molecule has 3 aromatic carbocycles. The predicted molar refractivity (Wildman–Crippen MR) is 152 cm³/mol. The second-order valence-electron chi connectivity index (χ2n) is 12.9. The Morgan fingerprint density at radius 3 is 1.96 bits per heavy atom. The summed E-state index contributed by atoms with van der Waals surface area (Å²) in [5.74, 6) is -3.11. The quantitative estimate of drug-likeness (QED) is 0.264. The number of quaternary nitrogens is 1. The summed E-state index contributed by atoms with van der Waals surface area (Å²) in [5, 5.41) is 0. The number of carbonyl (C=O) groups excluding carboxylic acids is 1. The van der Waals surface area contributed by atoms with Gasteiger partial charge in [0.1, 0.15) is 0 Å². The molecule has 4 fully saturated rings. The first-order valence-corrected chi connectivity index (χ1v) is 15.2. The molecule has 1 amide bonds. The Morgan fingerprint density at radius 1 is 0.809 bits per heavy atom. The molecule has 3 aromatic rings. The number of piperidine rings is 3. The number of benzene rings is 3. The van der Waals surface area contributed by atoms with E-state index >= 15 is 0 Å². The van der Waals surface area contributed by atoms with Crippen molar-refractivity contribution in [3.8, 4) is 0 Å². The van der Waals surface area contributed by atoms with Gasteiger partial charge in [0, 0.05) is 44.2 Å². The highest BCUT2D eigenvalue weighted by molar-refractivity contribution is 5.83. The standard InChI is InChI=1S/C34H33F8N2O2.ClH/c35-28-7-6-23(18-29(28)36)30-31(45)43(20-22-16-25(33(37,38)39)19-26(17-22)34(40,41)42)21-27(46-30)8-12-44-13-9-32(10-14-44,11-15-44)24-4-2-1-3-5-24;/h1-7,16-19,27,30H,8-15,20-21H2;1H/q+1;/p-1. The molecule has 0 aliphatic carbocycles. The van der Waals surface area contributed by atoms with Gasteiger partial charge < -0.3 is 26.5 Å². The van der Waals surface area contributed by atoms with E-state index in [4.69, 9.17) is 4.74 Å². The van der Waals surface area contributed by atoms with Crippen molar-refractivity contribution < 1.29 is 61.5 Å². The number of carbonyl (C=O) groups is 1. The zero-order chi connectivity index (χ0) is 32.9. The minimum absolute atomic E-state index is 0. The third-order valence-electron chi connectivity index (χ3n) is 10.1. The molecule has 2 unspecified atom stereocenters. The molecule has 4 aliphatic rings. The van der Waals surface area contributed by atoms with Gasteiger partial charge in [0.15, 0.2) is 17.7 Å². The summed E-state index contributed by atoms with van der Waals surface area (Å²) in [6.45, 7) is 2.91. The van der Waals surface area contributed by atoms with Crippen molar-refractivity contribution in [3.05, 3.63) is 106 Å². The summed E-state index contributed by atoms with van der Waals surface area (Å²) in [6, 6.07) is 14.5. The number of nitrogens with zero attached hydrogens (tertiary/aromatic N) is 2. The van der Waals surface area contributed by atoms with Gasteiger partial charge in [-0.2, -0.15) is 26.3 Å². The SMILES string of the molecule is O=C1C(c2ccc(F)c(F)c2)OC(CC[N+]23CCC(c4ccccc4)(CC2)CC3)CN1Cc1cc(C(F)(F)F)cc(C(F)(F)F)c1.[Cl-]. The highest BCUT2D eigenvalue weighted by Gasteiger charge is 2.50. The van der Waals surface area contributed by atoms with Crippen molar-refractivity contribution in [3.63, 3.8) is 0 Å². The average molecular weight is 689 g/mol. The fourth-order valence-electron chi connectivity index (χ4n) is 7.37. The number of halogens is 9. The molecular formula is C34H33ClF8N2O2. The maximum atomic E-state index is 14.2. The number of fused-ring (bicyclic) bond motifs is 3. The Kier molecular flexibility index (Phi) is 9.71. The van der Waals surface area contributed by atoms with Crippen molar-refractivity contribution in [2.75, 3.05) is 32.7 Å². The van der Waals surface area contributed by atoms with Crippen LogP contribution < -0.4 is 12.4 Å². The van der Waals surface area contributed by atoms with Gasteiger partial charge in [0.25, 0.3) is 5.91 Å². The van der Waals surface area contributed by atoms with Crippen molar-refractivity contribution in [2.45, 2.75) is 62.2 Å². The van der Waals surface area contributed by atoms with E-state index in [0.29, 0.717) is 25.1 Å². The largest absolute Gasteiger partial charge is 1.00 e. The number of hydrogen-bond acceptors (Lipinski definition) is 2. The number of hydrogen-bond donors (Lipinski definition) is 0. The van der Waals surface area contributed by atoms with Crippen LogP contribution in [0, 0.1) is 11.6 Å². The van der Waals surface area contributed by atoms with Gasteiger partial charge in [-0.3, -0.25) is 4.79 Å². The highest BCUT2D eigenvalue weighted by atomic mass is 35.5. The van der Waals surface area contributed by atoms with E-state index in [1.807, 2.05) is 6.07 Å². The van der Waals surface area contributed by atoms with Crippen molar-refractivity contribution in [1.82, 2.24) is 4.90 Å². The van der Waals surface area contributed by atoms with E-state index in [-0.39, 0.29) is 41.6 Å². The molecule has 254 valence electrons. The molecule has 4 nitrogen and oxygen atoms in total. The first kappa shape index (κ1) is 35.1. The Hall–Kier alpha value is -3.22. The molecule has 7 rings (SSSR count). The molecule has 0 radical (unpaired) electrons. The molecule has 4 saturated heterocycles. The lowest BCUT2D eigenvalue weighted by Crippen LogP contribution is -3.00. The lowest BCUT2D eigenvalue weighted by molar-refractivity contribution is -0.943. The maximum Gasteiger partial charge on any atom is 0.416 e. The van der Waals surface area contributed by atoms with E-state index in [0.717, 1.165) is 60.4 Å². The van der Waals surface area contributed by atoms with E-state index in [9.17, 15) is 39.9 Å². The number of morpholine rings is 1. The second-order valence-corrected chi connectivity index (χ2v) is 12.9. The van der Waals surface area contributed by atoms with Gasteiger partial charge >= 0.3 is 12.4 Å². The lowest BCUT2D eigenvalue weighted by atomic mass is 9.66. The van der Waals surface area contributed by atoms with Crippen LogP contribution in [0.15, 0.2) is 66.7 Å². The predicted octanol–water partition coefficient (Wildman–Crippen LogP) is 4.82.